The van der Waals surface area contributed by atoms with Crippen LogP contribution in [0.4, 0.5) is 11.9 Å². The smallest absolute Gasteiger partial charge is 0.250 e. The number of alkyl halides is 3. The topological polar surface area (TPSA) is 62.7 Å². The maximum Gasteiger partial charge on any atom is 0.250 e. The van der Waals surface area contributed by atoms with Crippen molar-refractivity contribution in [2.75, 3.05) is 23.7 Å². The number of halogens is 3. The highest BCUT2D eigenvalue weighted by atomic mass is 35.6. The summed E-state index contributed by atoms with van der Waals surface area (Å²) in [4.78, 5) is 12.3. The van der Waals surface area contributed by atoms with Crippen molar-refractivity contribution < 1.29 is 0 Å². The Morgan fingerprint density at radius 3 is 2.06 bits per heavy atom. The lowest BCUT2D eigenvalue weighted by Gasteiger charge is -2.14. The second-order valence-corrected chi connectivity index (χ2v) is 6.39. The van der Waals surface area contributed by atoms with Crippen LogP contribution in [-0.4, -0.2) is 28.0 Å². The number of hydrogen-bond acceptors (Lipinski definition) is 5. The molecule has 2 N–H and O–H groups in total. The van der Waals surface area contributed by atoms with E-state index in [4.69, 9.17) is 34.8 Å². The standard InChI is InChI=1S/C10H16Cl3N5/c1-4-14-8-16-7(10(11,12)13)17-9(18-8)15-5-6(2)3/h6H,4-5H2,1-3H3,(H2,14,15,16,17,18). The molecule has 0 spiro atoms. The van der Waals surface area contributed by atoms with E-state index in [1.165, 1.54) is 0 Å². The van der Waals surface area contributed by atoms with Crippen LogP contribution in [-0.2, 0) is 3.79 Å². The van der Waals surface area contributed by atoms with Crippen molar-refractivity contribution >= 4 is 46.7 Å². The lowest BCUT2D eigenvalue weighted by molar-refractivity contribution is 0.683. The van der Waals surface area contributed by atoms with Gasteiger partial charge in [-0.2, -0.15) is 15.0 Å². The van der Waals surface area contributed by atoms with Crippen LogP contribution < -0.4 is 10.6 Å². The first kappa shape index (κ1) is 15.5. The third-order valence-corrected chi connectivity index (χ3v) is 2.40. The van der Waals surface area contributed by atoms with Gasteiger partial charge in [0.2, 0.25) is 15.7 Å². The van der Waals surface area contributed by atoms with E-state index in [0.29, 0.717) is 24.4 Å². The molecule has 1 aromatic rings. The fourth-order valence-electron chi connectivity index (χ4n) is 1.11. The van der Waals surface area contributed by atoms with Gasteiger partial charge in [-0.3, -0.25) is 0 Å². The second kappa shape index (κ2) is 6.59. The summed E-state index contributed by atoms with van der Waals surface area (Å²) in [6, 6.07) is 0. The van der Waals surface area contributed by atoms with E-state index >= 15 is 0 Å². The predicted molar refractivity (Wildman–Crippen MR) is 76.6 cm³/mol. The Hall–Kier alpha value is -0.520. The fraction of sp³-hybridized carbons (Fsp3) is 0.700. The molecule has 0 unspecified atom stereocenters. The molecule has 1 rings (SSSR count). The third-order valence-electron chi connectivity index (χ3n) is 1.89. The minimum absolute atomic E-state index is 0.102. The molecule has 5 nitrogen and oxygen atoms in total. The molecular formula is C10H16Cl3N5. The van der Waals surface area contributed by atoms with E-state index in [9.17, 15) is 0 Å². The molecule has 0 amide bonds. The van der Waals surface area contributed by atoms with E-state index in [-0.39, 0.29) is 5.82 Å². The summed E-state index contributed by atoms with van der Waals surface area (Å²) in [6.45, 7) is 7.49. The Labute approximate surface area is 122 Å². The van der Waals surface area contributed by atoms with Crippen molar-refractivity contribution in [2.24, 2.45) is 5.92 Å². The number of nitrogens with zero attached hydrogens (tertiary/aromatic N) is 3. The number of anilines is 2. The Kier molecular flexibility index (Phi) is 5.69. The molecule has 18 heavy (non-hydrogen) atoms. The highest BCUT2D eigenvalue weighted by Gasteiger charge is 2.28. The molecule has 102 valence electrons. The summed E-state index contributed by atoms with van der Waals surface area (Å²) in [5.41, 5.74) is 0. The molecule has 0 aliphatic carbocycles. The normalized spacial score (nSPS) is 11.7. The number of nitrogens with one attached hydrogen (secondary N) is 2. The van der Waals surface area contributed by atoms with E-state index < -0.39 is 3.79 Å². The van der Waals surface area contributed by atoms with Gasteiger partial charge in [0.1, 0.15) is 0 Å². The van der Waals surface area contributed by atoms with Gasteiger partial charge in [-0.1, -0.05) is 48.7 Å². The van der Waals surface area contributed by atoms with E-state index in [0.717, 1.165) is 6.54 Å². The molecule has 0 aliphatic heterocycles. The first-order chi connectivity index (χ1) is 8.32. The molecule has 0 fully saturated rings. The average molecular weight is 313 g/mol. The zero-order chi connectivity index (χ0) is 13.8. The highest BCUT2D eigenvalue weighted by Crippen LogP contribution is 2.36. The van der Waals surface area contributed by atoms with Crippen LogP contribution in [0.25, 0.3) is 0 Å². The number of hydrogen-bond donors (Lipinski definition) is 2. The third kappa shape index (κ3) is 5.00. The quantitative estimate of drug-likeness (QED) is 0.818. The zero-order valence-corrected chi connectivity index (χ0v) is 12.7. The Morgan fingerprint density at radius 1 is 1.06 bits per heavy atom. The van der Waals surface area contributed by atoms with Gasteiger partial charge in [0.25, 0.3) is 0 Å². The SMILES string of the molecule is CCNc1nc(NCC(C)C)nc(C(Cl)(Cl)Cl)n1. The predicted octanol–water partition coefficient (Wildman–Crippen LogP) is 3.20. The van der Waals surface area contributed by atoms with Crippen molar-refractivity contribution in [1.29, 1.82) is 0 Å². The average Bonchev–Trinajstić information content (AvgIpc) is 2.25. The van der Waals surface area contributed by atoms with Gasteiger partial charge in [0.05, 0.1) is 0 Å². The van der Waals surface area contributed by atoms with Gasteiger partial charge in [0.15, 0.2) is 5.82 Å². The van der Waals surface area contributed by atoms with Gasteiger partial charge in [-0.25, -0.2) is 0 Å². The summed E-state index contributed by atoms with van der Waals surface area (Å²) in [7, 11) is 0. The summed E-state index contributed by atoms with van der Waals surface area (Å²) in [5.74, 6) is 1.35. The summed E-state index contributed by atoms with van der Waals surface area (Å²) in [6.07, 6.45) is 0. The molecule has 0 saturated carbocycles. The Morgan fingerprint density at radius 2 is 1.61 bits per heavy atom. The van der Waals surface area contributed by atoms with Crippen LogP contribution in [0.2, 0.25) is 0 Å². The lowest BCUT2D eigenvalue weighted by atomic mass is 10.2. The Balaban J connectivity index is 2.98. The van der Waals surface area contributed by atoms with E-state index in [1.807, 2.05) is 6.92 Å². The van der Waals surface area contributed by atoms with Gasteiger partial charge >= 0.3 is 0 Å². The minimum Gasteiger partial charge on any atom is -0.354 e. The summed E-state index contributed by atoms with van der Waals surface area (Å²) < 4.78 is -1.67. The monoisotopic (exact) mass is 311 g/mol. The number of rotatable bonds is 5. The van der Waals surface area contributed by atoms with Crippen molar-refractivity contribution in [2.45, 2.75) is 24.6 Å². The van der Waals surface area contributed by atoms with Gasteiger partial charge in [0, 0.05) is 13.1 Å². The van der Waals surface area contributed by atoms with Crippen LogP contribution in [0.3, 0.4) is 0 Å². The molecular weight excluding hydrogens is 297 g/mol. The van der Waals surface area contributed by atoms with Crippen molar-refractivity contribution in [3.63, 3.8) is 0 Å². The van der Waals surface area contributed by atoms with Crippen molar-refractivity contribution in [3.05, 3.63) is 5.82 Å². The first-order valence-corrected chi connectivity index (χ1v) is 6.77. The first-order valence-electron chi connectivity index (χ1n) is 5.64. The van der Waals surface area contributed by atoms with Gasteiger partial charge < -0.3 is 10.6 Å². The molecule has 0 aromatic carbocycles. The van der Waals surface area contributed by atoms with E-state index in [2.05, 4.69) is 39.4 Å². The maximum absolute atomic E-state index is 5.79. The molecule has 1 aromatic heterocycles. The van der Waals surface area contributed by atoms with Gasteiger partial charge in [-0.05, 0) is 12.8 Å². The maximum atomic E-state index is 5.79. The van der Waals surface area contributed by atoms with Gasteiger partial charge in [-0.15, -0.1) is 0 Å². The van der Waals surface area contributed by atoms with Crippen LogP contribution >= 0.6 is 34.8 Å². The lowest BCUT2D eigenvalue weighted by Crippen LogP contribution is -2.17. The van der Waals surface area contributed by atoms with Crippen molar-refractivity contribution in [3.8, 4) is 0 Å². The molecule has 0 saturated heterocycles. The fourth-order valence-corrected chi connectivity index (χ4v) is 1.37. The van der Waals surface area contributed by atoms with Crippen LogP contribution in [0, 0.1) is 5.92 Å². The molecule has 8 heteroatoms. The van der Waals surface area contributed by atoms with E-state index in [1.54, 1.807) is 0 Å². The van der Waals surface area contributed by atoms with Crippen LogP contribution in [0.5, 0.6) is 0 Å². The summed E-state index contributed by atoms with van der Waals surface area (Å²) >= 11 is 17.4. The largest absolute Gasteiger partial charge is 0.354 e. The highest BCUT2D eigenvalue weighted by molar-refractivity contribution is 6.66. The molecule has 0 bridgehead atoms. The molecule has 0 aliphatic rings. The van der Waals surface area contributed by atoms with Crippen LogP contribution in [0.1, 0.15) is 26.6 Å². The minimum atomic E-state index is -1.67. The molecule has 0 radical (unpaired) electrons. The van der Waals surface area contributed by atoms with Crippen LogP contribution in [0.15, 0.2) is 0 Å². The second-order valence-electron chi connectivity index (χ2n) is 4.11. The number of aromatic nitrogens is 3. The molecule has 0 atom stereocenters. The Bertz CT molecular complexity index is 392. The molecule has 1 heterocycles. The zero-order valence-electron chi connectivity index (χ0n) is 10.5. The van der Waals surface area contributed by atoms with Crippen molar-refractivity contribution in [1.82, 2.24) is 15.0 Å². The summed E-state index contributed by atoms with van der Waals surface area (Å²) in [5, 5.41) is 6.05.